The summed E-state index contributed by atoms with van der Waals surface area (Å²) in [5.74, 6) is 1.17. The number of nitrogens with zero attached hydrogens (tertiary/aromatic N) is 2. The molecule has 2 heterocycles. The van der Waals surface area contributed by atoms with Gasteiger partial charge in [0.2, 0.25) is 11.8 Å². The number of ether oxygens (including phenoxy) is 1. The van der Waals surface area contributed by atoms with E-state index in [1.165, 1.54) is 24.8 Å². The minimum Gasteiger partial charge on any atom is -0.497 e. The topological polar surface area (TPSA) is 61.9 Å². The number of amides is 2. The Hall–Kier alpha value is -2.08. The lowest BCUT2D eigenvalue weighted by atomic mass is 9.93. The zero-order valence-electron chi connectivity index (χ0n) is 18.2. The van der Waals surface area contributed by atoms with Crippen LogP contribution < -0.4 is 15.0 Å². The molecule has 0 aromatic heterocycles. The normalized spacial score (nSPS) is 23.0. The second-order valence-electron chi connectivity index (χ2n) is 9.06. The summed E-state index contributed by atoms with van der Waals surface area (Å²) >= 11 is 0. The van der Waals surface area contributed by atoms with Crippen LogP contribution in [-0.4, -0.2) is 56.0 Å². The Kier molecular flexibility index (Phi) is 6.93. The molecular formula is C24H35N3O3. The Morgan fingerprint density at radius 3 is 2.70 bits per heavy atom. The maximum atomic E-state index is 13.1. The lowest BCUT2D eigenvalue weighted by Crippen LogP contribution is -2.49. The van der Waals surface area contributed by atoms with Crippen LogP contribution in [0.1, 0.15) is 56.9 Å². The van der Waals surface area contributed by atoms with Gasteiger partial charge < -0.3 is 15.0 Å². The molecule has 0 spiro atoms. The third-order valence-electron chi connectivity index (χ3n) is 6.89. The van der Waals surface area contributed by atoms with Crippen LogP contribution in [0.25, 0.3) is 0 Å². The first-order valence-electron chi connectivity index (χ1n) is 11.6. The highest BCUT2D eigenvalue weighted by atomic mass is 16.5. The summed E-state index contributed by atoms with van der Waals surface area (Å²) in [6.07, 6.45) is 9.80. The number of carbonyl (C=O) groups is 2. The lowest BCUT2D eigenvalue weighted by molar-refractivity contribution is -0.129. The summed E-state index contributed by atoms with van der Waals surface area (Å²) in [6.45, 7) is 2.73. The lowest BCUT2D eigenvalue weighted by Gasteiger charge is -2.35. The molecule has 6 heteroatoms. The predicted octanol–water partition coefficient (Wildman–Crippen LogP) is 3.14. The van der Waals surface area contributed by atoms with Crippen LogP contribution in [0.5, 0.6) is 5.75 Å². The summed E-state index contributed by atoms with van der Waals surface area (Å²) in [6, 6.07) is 6.32. The number of rotatable bonds is 5. The molecule has 2 amide bonds. The SMILES string of the molecule is COc1ccc2c(c1)CCCN2C(=O)CN1CCCC(C(=O)NC2CCCCC2)C1. The maximum absolute atomic E-state index is 13.1. The Labute approximate surface area is 179 Å². The van der Waals surface area contributed by atoms with Crippen molar-refractivity contribution < 1.29 is 14.3 Å². The van der Waals surface area contributed by atoms with Crippen LogP contribution in [0, 0.1) is 5.92 Å². The zero-order valence-corrected chi connectivity index (χ0v) is 18.2. The molecule has 2 aliphatic heterocycles. The van der Waals surface area contributed by atoms with E-state index in [4.69, 9.17) is 4.74 Å². The van der Waals surface area contributed by atoms with Crippen LogP contribution in [0.2, 0.25) is 0 Å². The fraction of sp³-hybridized carbons (Fsp3) is 0.667. The standard InChI is InChI=1S/C24H35N3O3/c1-30-21-11-12-22-18(15-21)7-6-14-27(22)23(28)17-26-13-5-8-19(16-26)24(29)25-20-9-3-2-4-10-20/h11-12,15,19-20H,2-10,13-14,16-17H2,1H3,(H,25,29). The maximum Gasteiger partial charge on any atom is 0.241 e. The summed E-state index contributed by atoms with van der Waals surface area (Å²) in [7, 11) is 1.67. The van der Waals surface area contributed by atoms with Crippen molar-refractivity contribution in [2.75, 3.05) is 38.2 Å². The smallest absolute Gasteiger partial charge is 0.241 e. The van der Waals surface area contributed by atoms with Gasteiger partial charge >= 0.3 is 0 Å². The number of hydrogen-bond acceptors (Lipinski definition) is 4. The Balaban J connectivity index is 1.34. The number of aryl methyl sites for hydroxylation is 1. The molecule has 1 saturated carbocycles. The molecular weight excluding hydrogens is 378 g/mol. The number of hydrogen-bond donors (Lipinski definition) is 1. The van der Waals surface area contributed by atoms with Crippen LogP contribution in [0.4, 0.5) is 5.69 Å². The summed E-state index contributed by atoms with van der Waals surface area (Å²) in [5.41, 5.74) is 2.19. The van der Waals surface area contributed by atoms with Gasteiger partial charge in [-0.1, -0.05) is 19.3 Å². The van der Waals surface area contributed by atoms with Crippen molar-refractivity contribution >= 4 is 17.5 Å². The third-order valence-corrected chi connectivity index (χ3v) is 6.89. The minimum absolute atomic E-state index is 0.00591. The highest BCUT2D eigenvalue weighted by molar-refractivity contribution is 5.96. The summed E-state index contributed by atoms with van der Waals surface area (Å²) in [4.78, 5) is 30.0. The van der Waals surface area contributed by atoms with Gasteiger partial charge in [-0.2, -0.15) is 0 Å². The molecule has 1 aliphatic carbocycles. The van der Waals surface area contributed by atoms with E-state index < -0.39 is 0 Å². The van der Waals surface area contributed by atoms with Gasteiger partial charge in [0.15, 0.2) is 0 Å². The molecule has 30 heavy (non-hydrogen) atoms. The zero-order chi connectivity index (χ0) is 20.9. The Morgan fingerprint density at radius 1 is 1.07 bits per heavy atom. The molecule has 1 unspecified atom stereocenters. The number of fused-ring (bicyclic) bond motifs is 1. The first-order valence-corrected chi connectivity index (χ1v) is 11.6. The number of benzene rings is 1. The molecule has 1 aromatic rings. The van der Waals surface area contributed by atoms with E-state index >= 15 is 0 Å². The Bertz CT molecular complexity index is 760. The highest BCUT2D eigenvalue weighted by Gasteiger charge is 2.30. The highest BCUT2D eigenvalue weighted by Crippen LogP contribution is 2.31. The van der Waals surface area contributed by atoms with Crippen LogP contribution in [0.3, 0.4) is 0 Å². The molecule has 6 nitrogen and oxygen atoms in total. The van der Waals surface area contributed by atoms with E-state index in [1.54, 1.807) is 7.11 Å². The van der Waals surface area contributed by atoms with Crippen molar-refractivity contribution in [2.24, 2.45) is 5.92 Å². The number of nitrogens with one attached hydrogen (secondary N) is 1. The van der Waals surface area contributed by atoms with Gasteiger partial charge in [0.05, 0.1) is 19.6 Å². The molecule has 3 aliphatic rings. The van der Waals surface area contributed by atoms with Gasteiger partial charge in [-0.3, -0.25) is 14.5 Å². The molecule has 0 radical (unpaired) electrons. The molecule has 1 aromatic carbocycles. The number of likely N-dealkylation sites (tertiary alicyclic amines) is 1. The van der Waals surface area contributed by atoms with Gasteiger partial charge in [-0.05, 0) is 68.8 Å². The fourth-order valence-electron chi connectivity index (χ4n) is 5.22. The van der Waals surface area contributed by atoms with Crippen LogP contribution in [0.15, 0.2) is 18.2 Å². The van der Waals surface area contributed by atoms with E-state index in [1.807, 2.05) is 23.1 Å². The molecule has 1 atom stereocenters. The van der Waals surface area contributed by atoms with Crippen molar-refractivity contribution in [3.05, 3.63) is 23.8 Å². The largest absolute Gasteiger partial charge is 0.497 e. The van der Waals surface area contributed by atoms with Crippen LogP contribution >= 0.6 is 0 Å². The molecule has 1 N–H and O–H groups in total. The van der Waals surface area contributed by atoms with Crippen molar-refractivity contribution in [2.45, 2.75) is 63.8 Å². The van der Waals surface area contributed by atoms with E-state index in [-0.39, 0.29) is 17.7 Å². The second kappa shape index (κ2) is 9.82. The van der Waals surface area contributed by atoms with Gasteiger partial charge in [0, 0.05) is 24.8 Å². The van der Waals surface area contributed by atoms with Crippen molar-refractivity contribution in [1.29, 1.82) is 0 Å². The first-order chi connectivity index (χ1) is 14.6. The molecule has 164 valence electrons. The summed E-state index contributed by atoms with van der Waals surface area (Å²) < 4.78 is 5.34. The van der Waals surface area contributed by atoms with Gasteiger partial charge in [0.25, 0.3) is 0 Å². The van der Waals surface area contributed by atoms with E-state index in [9.17, 15) is 9.59 Å². The average Bonchev–Trinajstić information content (AvgIpc) is 2.79. The van der Waals surface area contributed by atoms with Crippen molar-refractivity contribution in [1.82, 2.24) is 10.2 Å². The second-order valence-corrected chi connectivity index (χ2v) is 9.06. The molecule has 4 rings (SSSR count). The molecule has 2 fully saturated rings. The van der Waals surface area contributed by atoms with Crippen LogP contribution in [-0.2, 0) is 16.0 Å². The predicted molar refractivity (Wildman–Crippen MR) is 118 cm³/mol. The third kappa shape index (κ3) is 4.97. The minimum atomic E-state index is 0.00591. The van der Waals surface area contributed by atoms with E-state index in [0.29, 0.717) is 19.1 Å². The first kappa shape index (κ1) is 21.2. The number of piperidine rings is 1. The number of carbonyl (C=O) groups excluding carboxylic acids is 2. The summed E-state index contributed by atoms with van der Waals surface area (Å²) in [5, 5.41) is 3.28. The Morgan fingerprint density at radius 2 is 1.90 bits per heavy atom. The fourth-order valence-corrected chi connectivity index (χ4v) is 5.22. The molecule has 0 bridgehead atoms. The number of methoxy groups -OCH3 is 1. The van der Waals surface area contributed by atoms with E-state index in [2.05, 4.69) is 10.2 Å². The monoisotopic (exact) mass is 413 g/mol. The van der Waals surface area contributed by atoms with E-state index in [0.717, 1.165) is 63.1 Å². The quantitative estimate of drug-likeness (QED) is 0.806. The number of anilines is 1. The average molecular weight is 414 g/mol. The van der Waals surface area contributed by atoms with Gasteiger partial charge in [-0.15, -0.1) is 0 Å². The van der Waals surface area contributed by atoms with Crippen molar-refractivity contribution in [3.63, 3.8) is 0 Å². The molecule has 1 saturated heterocycles. The van der Waals surface area contributed by atoms with Gasteiger partial charge in [-0.25, -0.2) is 0 Å². The van der Waals surface area contributed by atoms with Gasteiger partial charge in [0.1, 0.15) is 5.75 Å². The van der Waals surface area contributed by atoms with Crippen molar-refractivity contribution in [3.8, 4) is 5.75 Å².